The van der Waals surface area contributed by atoms with Gasteiger partial charge in [-0.3, -0.25) is 14.2 Å². The number of carbonyl (C=O) groups is 1. The summed E-state index contributed by atoms with van der Waals surface area (Å²) in [5, 5.41) is 2.83. The van der Waals surface area contributed by atoms with Crippen molar-refractivity contribution in [2.24, 2.45) is 0 Å². The topological polar surface area (TPSA) is 86.9 Å². The number of benzene rings is 1. The number of aromatic nitrogens is 3. The number of nitrogens with one attached hydrogen (secondary N) is 1. The zero-order chi connectivity index (χ0) is 19.1. The number of hydrogen-bond donors (Lipinski definition) is 1. The second-order valence-corrected chi connectivity index (χ2v) is 6.43. The molecule has 0 spiro atoms. The molecule has 3 aromatic heterocycles. The molecular formula is C20H16N4O4. The Morgan fingerprint density at radius 3 is 2.89 bits per heavy atom. The monoisotopic (exact) mass is 376 g/mol. The molecule has 0 saturated carbocycles. The minimum Gasteiger partial charge on any atom is -0.454 e. The predicted molar refractivity (Wildman–Crippen MR) is 103 cm³/mol. The Morgan fingerprint density at radius 1 is 1.11 bits per heavy atom. The van der Waals surface area contributed by atoms with Gasteiger partial charge in [0.2, 0.25) is 12.7 Å². The molecule has 8 heteroatoms. The van der Waals surface area contributed by atoms with E-state index >= 15 is 0 Å². The van der Waals surface area contributed by atoms with Crippen LogP contribution in [0.15, 0.2) is 59.7 Å². The molecule has 0 fully saturated rings. The van der Waals surface area contributed by atoms with Crippen molar-refractivity contribution in [1.82, 2.24) is 14.0 Å². The normalized spacial score (nSPS) is 12.6. The van der Waals surface area contributed by atoms with Crippen LogP contribution in [0.2, 0.25) is 0 Å². The van der Waals surface area contributed by atoms with Gasteiger partial charge < -0.3 is 19.2 Å². The molecule has 0 radical (unpaired) electrons. The molecule has 5 rings (SSSR count). The van der Waals surface area contributed by atoms with Crippen molar-refractivity contribution < 1.29 is 14.3 Å². The Hall–Kier alpha value is -3.81. The Labute approximate surface area is 158 Å². The van der Waals surface area contributed by atoms with Crippen LogP contribution in [0.3, 0.4) is 0 Å². The van der Waals surface area contributed by atoms with Gasteiger partial charge >= 0.3 is 0 Å². The number of ether oxygens (including phenoxy) is 2. The quantitative estimate of drug-likeness (QED) is 0.591. The lowest BCUT2D eigenvalue weighted by Gasteiger charge is -2.12. The molecule has 1 aliphatic heterocycles. The molecule has 0 atom stereocenters. The van der Waals surface area contributed by atoms with Crippen molar-refractivity contribution in [1.29, 1.82) is 0 Å². The Kier molecular flexibility index (Phi) is 3.75. The Bertz CT molecular complexity index is 1270. The highest BCUT2D eigenvalue weighted by atomic mass is 16.7. The third-order valence-corrected chi connectivity index (χ3v) is 4.71. The first kappa shape index (κ1) is 16.4. The van der Waals surface area contributed by atoms with E-state index in [1.807, 2.05) is 28.8 Å². The molecule has 0 aliphatic carbocycles. The number of anilines is 1. The van der Waals surface area contributed by atoms with Crippen LogP contribution in [0.25, 0.3) is 16.7 Å². The molecule has 0 bridgehead atoms. The molecule has 1 N–H and O–H groups in total. The van der Waals surface area contributed by atoms with Crippen molar-refractivity contribution in [3.8, 4) is 11.5 Å². The summed E-state index contributed by atoms with van der Waals surface area (Å²) in [4.78, 5) is 29.6. The standard InChI is InChI=1S/C20H16N4O4/c25-18(22-13-5-6-16-17(11-13)28-12-27-16)7-10-24-19-14(3-1-8-21-19)23-9-2-4-15(23)20(24)26/h1-6,8-9,11H,7,10,12H2,(H,22,25). The van der Waals surface area contributed by atoms with Crippen LogP contribution in [0.1, 0.15) is 6.42 Å². The first-order valence-corrected chi connectivity index (χ1v) is 8.85. The molecule has 1 aromatic carbocycles. The van der Waals surface area contributed by atoms with Crippen molar-refractivity contribution in [3.05, 3.63) is 65.2 Å². The third-order valence-electron chi connectivity index (χ3n) is 4.71. The van der Waals surface area contributed by atoms with Crippen LogP contribution in [0.5, 0.6) is 11.5 Å². The molecule has 1 aliphatic rings. The number of fused-ring (bicyclic) bond motifs is 4. The predicted octanol–water partition coefficient (Wildman–Crippen LogP) is 2.41. The van der Waals surface area contributed by atoms with Gasteiger partial charge in [0.25, 0.3) is 5.56 Å². The first-order valence-electron chi connectivity index (χ1n) is 8.85. The molecule has 1 amide bonds. The first-order chi connectivity index (χ1) is 13.7. The van der Waals surface area contributed by atoms with E-state index in [9.17, 15) is 9.59 Å². The van der Waals surface area contributed by atoms with Crippen LogP contribution in [0.4, 0.5) is 5.69 Å². The van der Waals surface area contributed by atoms with E-state index in [1.54, 1.807) is 35.0 Å². The minimum atomic E-state index is -0.204. The summed E-state index contributed by atoms with van der Waals surface area (Å²) in [7, 11) is 0. The molecule has 8 nitrogen and oxygen atoms in total. The van der Waals surface area contributed by atoms with E-state index < -0.39 is 0 Å². The van der Waals surface area contributed by atoms with Gasteiger partial charge in [-0.05, 0) is 36.4 Å². The summed E-state index contributed by atoms with van der Waals surface area (Å²) in [6, 6.07) is 12.5. The summed E-state index contributed by atoms with van der Waals surface area (Å²) in [5.41, 5.74) is 2.36. The summed E-state index contributed by atoms with van der Waals surface area (Å²) >= 11 is 0. The third kappa shape index (κ3) is 2.66. The fourth-order valence-corrected chi connectivity index (χ4v) is 3.40. The fraction of sp³-hybridized carbons (Fsp3) is 0.150. The van der Waals surface area contributed by atoms with E-state index in [-0.39, 0.29) is 31.2 Å². The van der Waals surface area contributed by atoms with E-state index in [0.29, 0.717) is 28.4 Å². The van der Waals surface area contributed by atoms with Gasteiger partial charge in [0.1, 0.15) is 5.52 Å². The second kappa shape index (κ2) is 6.41. The number of hydrogen-bond acceptors (Lipinski definition) is 5. The summed E-state index contributed by atoms with van der Waals surface area (Å²) < 4.78 is 13.9. The van der Waals surface area contributed by atoms with E-state index in [2.05, 4.69) is 10.3 Å². The summed E-state index contributed by atoms with van der Waals surface area (Å²) in [6.07, 6.45) is 3.61. The van der Waals surface area contributed by atoms with Crippen LogP contribution >= 0.6 is 0 Å². The largest absolute Gasteiger partial charge is 0.454 e. The number of rotatable bonds is 4. The average molecular weight is 376 g/mol. The van der Waals surface area contributed by atoms with Crippen LogP contribution in [-0.4, -0.2) is 26.7 Å². The van der Waals surface area contributed by atoms with E-state index in [4.69, 9.17) is 9.47 Å². The Balaban J connectivity index is 1.40. The maximum Gasteiger partial charge on any atom is 0.276 e. The number of aryl methyl sites for hydroxylation is 1. The lowest BCUT2D eigenvalue weighted by atomic mass is 10.2. The van der Waals surface area contributed by atoms with Gasteiger partial charge in [-0.1, -0.05) is 0 Å². The van der Waals surface area contributed by atoms with Crippen molar-refractivity contribution >= 4 is 28.3 Å². The van der Waals surface area contributed by atoms with Gasteiger partial charge in [0, 0.05) is 37.1 Å². The summed E-state index contributed by atoms with van der Waals surface area (Å²) in [6.45, 7) is 0.405. The smallest absolute Gasteiger partial charge is 0.276 e. The number of carbonyl (C=O) groups excluding carboxylic acids is 1. The van der Waals surface area contributed by atoms with Crippen LogP contribution in [0, 0.1) is 0 Å². The van der Waals surface area contributed by atoms with Gasteiger partial charge in [-0.15, -0.1) is 0 Å². The molecular weight excluding hydrogens is 360 g/mol. The van der Waals surface area contributed by atoms with Gasteiger partial charge in [-0.25, -0.2) is 4.98 Å². The summed E-state index contributed by atoms with van der Waals surface area (Å²) in [5.74, 6) is 1.05. The van der Waals surface area contributed by atoms with Gasteiger partial charge in [0.05, 0.1) is 5.52 Å². The average Bonchev–Trinajstić information content (AvgIpc) is 3.37. The molecule has 140 valence electrons. The number of nitrogens with zero attached hydrogens (tertiary/aromatic N) is 3. The highest BCUT2D eigenvalue weighted by Crippen LogP contribution is 2.34. The molecule has 4 aromatic rings. The molecule has 0 unspecified atom stereocenters. The zero-order valence-electron chi connectivity index (χ0n) is 14.8. The SMILES string of the molecule is O=C(CCn1c(=O)c2cccn2c2cccnc21)Nc1ccc2c(c1)OCO2. The maximum atomic E-state index is 12.8. The van der Waals surface area contributed by atoms with Gasteiger partial charge in [-0.2, -0.15) is 0 Å². The lowest BCUT2D eigenvalue weighted by Crippen LogP contribution is -2.25. The minimum absolute atomic E-state index is 0.136. The maximum absolute atomic E-state index is 12.8. The van der Waals surface area contributed by atoms with Crippen LogP contribution < -0.4 is 20.3 Å². The second-order valence-electron chi connectivity index (χ2n) is 6.43. The highest BCUT2D eigenvalue weighted by Gasteiger charge is 2.15. The van der Waals surface area contributed by atoms with E-state index in [0.717, 1.165) is 5.52 Å². The fourth-order valence-electron chi connectivity index (χ4n) is 3.40. The van der Waals surface area contributed by atoms with E-state index in [1.165, 1.54) is 0 Å². The van der Waals surface area contributed by atoms with Gasteiger partial charge in [0.15, 0.2) is 17.1 Å². The highest BCUT2D eigenvalue weighted by molar-refractivity contribution is 5.91. The van der Waals surface area contributed by atoms with Crippen molar-refractivity contribution in [2.75, 3.05) is 12.1 Å². The molecule has 4 heterocycles. The van der Waals surface area contributed by atoms with Crippen molar-refractivity contribution in [2.45, 2.75) is 13.0 Å². The molecule has 28 heavy (non-hydrogen) atoms. The lowest BCUT2D eigenvalue weighted by molar-refractivity contribution is -0.116. The Morgan fingerprint density at radius 2 is 1.96 bits per heavy atom. The number of pyridine rings is 1. The molecule has 0 saturated heterocycles. The number of amides is 1. The van der Waals surface area contributed by atoms with Crippen molar-refractivity contribution in [3.63, 3.8) is 0 Å². The van der Waals surface area contributed by atoms with Crippen LogP contribution in [-0.2, 0) is 11.3 Å². The zero-order valence-corrected chi connectivity index (χ0v) is 14.8.